The highest BCUT2D eigenvalue weighted by molar-refractivity contribution is 7.08. The smallest absolute Gasteiger partial charge is 0.252 e. The lowest BCUT2D eigenvalue weighted by Crippen LogP contribution is -2.35. The number of hydrogen-bond acceptors (Lipinski definition) is 4. The molecule has 0 saturated carbocycles. The van der Waals surface area contributed by atoms with Crippen molar-refractivity contribution in [3.63, 3.8) is 0 Å². The average Bonchev–Trinajstić information content (AvgIpc) is 3.14. The fourth-order valence-corrected chi connectivity index (χ4v) is 4.14. The fourth-order valence-electron chi connectivity index (χ4n) is 3.50. The summed E-state index contributed by atoms with van der Waals surface area (Å²) in [7, 11) is 0. The summed E-state index contributed by atoms with van der Waals surface area (Å²) in [5.74, 6) is 0.137. The van der Waals surface area contributed by atoms with Crippen molar-refractivity contribution in [2.75, 3.05) is 32.7 Å². The normalized spacial score (nSPS) is 15.2. The van der Waals surface area contributed by atoms with E-state index in [0.717, 1.165) is 39.1 Å². The van der Waals surface area contributed by atoms with Gasteiger partial charge in [0.25, 0.3) is 5.91 Å². The quantitative estimate of drug-likeness (QED) is 0.727. The lowest BCUT2D eigenvalue weighted by Gasteiger charge is -2.22. The van der Waals surface area contributed by atoms with Crippen molar-refractivity contribution in [3.8, 4) is 0 Å². The molecule has 2 amide bonds. The maximum Gasteiger partial charge on any atom is 0.252 e. The van der Waals surface area contributed by atoms with E-state index in [1.54, 1.807) is 0 Å². The first-order valence-corrected chi connectivity index (χ1v) is 10.9. The molecule has 1 saturated heterocycles. The number of amides is 2. The van der Waals surface area contributed by atoms with Gasteiger partial charge in [0.05, 0.1) is 0 Å². The molecule has 0 atom stereocenters. The molecule has 6 heteroatoms. The number of carbonyl (C=O) groups excluding carboxylic acids is 2. The molecule has 0 aliphatic carbocycles. The second-order valence-electron chi connectivity index (χ2n) is 7.31. The third kappa shape index (κ3) is 5.91. The molecule has 2 heterocycles. The maximum atomic E-state index is 12.5. The zero-order valence-electron chi connectivity index (χ0n) is 16.5. The van der Waals surface area contributed by atoms with Gasteiger partial charge in [-0.15, -0.1) is 0 Å². The van der Waals surface area contributed by atoms with E-state index >= 15 is 0 Å². The van der Waals surface area contributed by atoms with Gasteiger partial charge in [0.15, 0.2) is 0 Å². The van der Waals surface area contributed by atoms with Crippen LogP contribution in [-0.2, 0) is 11.3 Å². The molecule has 28 heavy (non-hydrogen) atoms. The Labute approximate surface area is 171 Å². The van der Waals surface area contributed by atoms with Crippen molar-refractivity contribution in [1.29, 1.82) is 0 Å². The van der Waals surface area contributed by atoms with Gasteiger partial charge in [0.1, 0.15) is 0 Å². The van der Waals surface area contributed by atoms with Crippen LogP contribution in [0, 0.1) is 6.92 Å². The Morgan fingerprint density at radius 1 is 1.11 bits per heavy atom. The van der Waals surface area contributed by atoms with Crippen molar-refractivity contribution < 1.29 is 9.59 Å². The van der Waals surface area contributed by atoms with Crippen LogP contribution in [0.4, 0.5) is 0 Å². The summed E-state index contributed by atoms with van der Waals surface area (Å²) in [6.07, 6.45) is 2.17. The van der Waals surface area contributed by atoms with Crippen LogP contribution in [0.5, 0.6) is 0 Å². The second-order valence-corrected chi connectivity index (χ2v) is 8.09. The summed E-state index contributed by atoms with van der Waals surface area (Å²) in [6.45, 7) is 7.18. The van der Waals surface area contributed by atoms with E-state index in [9.17, 15) is 9.59 Å². The number of carbonyl (C=O) groups is 2. The highest BCUT2D eigenvalue weighted by Crippen LogP contribution is 2.13. The molecule has 3 rings (SSSR count). The largest absolute Gasteiger partial charge is 0.352 e. The summed E-state index contributed by atoms with van der Waals surface area (Å²) >= 11 is 1.51. The van der Waals surface area contributed by atoms with E-state index in [1.807, 2.05) is 21.7 Å². The molecule has 1 aromatic carbocycles. The van der Waals surface area contributed by atoms with E-state index in [-0.39, 0.29) is 11.8 Å². The highest BCUT2D eigenvalue weighted by Gasteiger charge is 2.19. The van der Waals surface area contributed by atoms with Crippen LogP contribution in [0.1, 0.15) is 40.7 Å². The summed E-state index contributed by atoms with van der Waals surface area (Å²) in [5, 5.41) is 6.61. The van der Waals surface area contributed by atoms with Crippen LogP contribution >= 0.6 is 11.3 Å². The maximum absolute atomic E-state index is 12.5. The molecule has 0 bridgehead atoms. The van der Waals surface area contributed by atoms with Crippen LogP contribution < -0.4 is 5.32 Å². The third-order valence-corrected chi connectivity index (χ3v) is 5.92. The van der Waals surface area contributed by atoms with Crippen molar-refractivity contribution in [1.82, 2.24) is 15.1 Å². The summed E-state index contributed by atoms with van der Waals surface area (Å²) in [5.41, 5.74) is 3.38. The Hall–Kier alpha value is -2.18. The minimum atomic E-state index is -0.0599. The number of nitrogens with one attached hydrogen (secondary N) is 1. The van der Waals surface area contributed by atoms with Gasteiger partial charge in [0, 0.05) is 56.6 Å². The first-order valence-electron chi connectivity index (χ1n) is 9.98. The minimum absolute atomic E-state index is 0.0599. The minimum Gasteiger partial charge on any atom is -0.352 e. The van der Waals surface area contributed by atoms with E-state index in [0.29, 0.717) is 24.9 Å². The molecule has 150 valence electrons. The van der Waals surface area contributed by atoms with Crippen LogP contribution in [0.15, 0.2) is 41.1 Å². The zero-order chi connectivity index (χ0) is 19.8. The molecular weight excluding hydrogens is 370 g/mol. The third-order valence-electron chi connectivity index (χ3n) is 5.23. The van der Waals surface area contributed by atoms with Gasteiger partial charge in [-0.05, 0) is 42.3 Å². The van der Waals surface area contributed by atoms with Gasteiger partial charge in [-0.2, -0.15) is 11.3 Å². The number of rotatable bonds is 7. The highest BCUT2D eigenvalue weighted by atomic mass is 32.1. The number of hydrogen-bond donors (Lipinski definition) is 1. The topological polar surface area (TPSA) is 52.6 Å². The van der Waals surface area contributed by atoms with Gasteiger partial charge in [-0.25, -0.2) is 0 Å². The Kier molecular flexibility index (Phi) is 7.62. The molecule has 2 aromatic rings. The van der Waals surface area contributed by atoms with Gasteiger partial charge in [0.2, 0.25) is 5.91 Å². The van der Waals surface area contributed by atoms with Crippen molar-refractivity contribution in [3.05, 3.63) is 57.8 Å². The molecule has 0 unspecified atom stereocenters. The van der Waals surface area contributed by atoms with Crippen LogP contribution in [0.3, 0.4) is 0 Å². The van der Waals surface area contributed by atoms with E-state index in [4.69, 9.17) is 0 Å². The molecule has 1 aliphatic rings. The number of aryl methyl sites for hydroxylation is 1. The van der Waals surface area contributed by atoms with E-state index in [1.165, 1.54) is 22.5 Å². The summed E-state index contributed by atoms with van der Waals surface area (Å²) in [6, 6.07) is 10.3. The molecule has 1 N–H and O–H groups in total. The van der Waals surface area contributed by atoms with Crippen molar-refractivity contribution >= 4 is 23.2 Å². The fraction of sp³-hybridized carbons (Fsp3) is 0.455. The molecule has 0 radical (unpaired) electrons. The van der Waals surface area contributed by atoms with Crippen LogP contribution in [-0.4, -0.2) is 54.3 Å². The Bertz CT molecular complexity index is 776. The lowest BCUT2D eigenvalue weighted by molar-refractivity contribution is -0.131. The Balaban J connectivity index is 1.38. The Morgan fingerprint density at radius 3 is 2.75 bits per heavy atom. The van der Waals surface area contributed by atoms with Crippen molar-refractivity contribution in [2.45, 2.75) is 32.7 Å². The van der Waals surface area contributed by atoms with E-state index < -0.39 is 0 Å². The SMILES string of the molecule is Cc1ccccc1CN1CCCN(C(=O)CCCNC(=O)c2ccsc2)CC1. The van der Waals surface area contributed by atoms with Gasteiger partial charge in [-0.3, -0.25) is 14.5 Å². The van der Waals surface area contributed by atoms with Crippen LogP contribution in [0.2, 0.25) is 0 Å². The standard InChI is InChI=1S/C22H29N3O2S/c1-18-6-2-3-7-19(18)16-24-11-5-12-25(14-13-24)21(26)8-4-10-23-22(27)20-9-15-28-17-20/h2-3,6-7,9,15,17H,4-5,8,10-14,16H2,1H3,(H,23,27). The van der Waals surface area contributed by atoms with E-state index in [2.05, 4.69) is 41.4 Å². The molecule has 5 nitrogen and oxygen atoms in total. The predicted molar refractivity (Wildman–Crippen MR) is 114 cm³/mol. The molecular formula is C22H29N3O2S. The van der Waals surface area contributed by atoms with Gasteiger partial charge in [-0.1, -0.05) is 24.3 Å². The van der Waals surface area contributed by atoms with Gasteiger partial charge >= 0.3 is 0 Å². The van der Waals surface area contributed by atoms with Crippen molar-refractivity contribution in [2.24, 2.45) is 0 Å². The van der Waals surface area contributed by atoms with Crippen LogP contribution in [0.25, 0.3) is 0 Å². The molecule has 1 aliphatic heterocycles. The number of benzene rings is 1. The first-order chi connectivity index (χ1) is 13.6. The zero-order valence-corrected chi connectivity index (χ0v) is 17.3. The lowest BCUT2D eigenvalue weighted by atomic mass is 10.1. The predicted octanol–water partition coefficient (Wildman–Crippen LogP) is 3.30. The number of nitrogens with zero attached hydrogens (tertiary/aromatic N) is 2. The molecule has 1 aromatic heterocycles. The molecule has 0 spiro atoms. The second kappa shape index (κ2) is 10.4. The van der Waals surface area contributed by atoms with Gasteiger partial charge < -0.3 is 10.2 Å². The molecule has 1 fully saturated rings. The summed E-state index contributed by atoms with van der Waals surface area (Å²) in [4.78, 5) is 28.9. The Morgan fingerprint density at radius 2 is 1.96 bits per heavy atom. The summed E-state index contributed by atoms with van der Waals surface area (Å²) < 4.78 is 0. The average molecular weight is 400 g/mol. The number of thiophene rings is 1. The monoisotopic (exact) mass is 399 g/mol. The first kappa shape index (κ1) is 20.6.